The van der Waals surface area contributed by atoms with Crippen LogP contribution in [-0.2, 0) is 4.79 Å². The first-order valence-corrected chi connectivity index (χ1v) is 18.6. The highest BCUT2D eigenvalue weighted by Gasteiger charge is 2.16. The zero-order valence-electron chi connectivity index (χ0n) is 27.7. The molecule has 0 aromatic rings. The standard InChI is InChI=1S/C38H74O2/c1-3-5-7-9-11-13-15-17-18-19-20-21-22-23-24-26-28-30-32-34-36-37(38(39)40)35-33-31-29-27-25-16-14-12-10-8-6-4-2/h17-18,37H,3-16,19-36H2,1-2H3,(H,39,40)/b18-17-. The third-order valence-electron chi connectivity index (χ3n) is 8.82. The van der Waals surface area contributed by atoms with Crippen molar-refractivity contribution < 1.29 is 9.90 Å². The maximum absolute atomic E-state index is 11.7. The molecule has 0 fully saturated rings. The Kier molecular flexibility index (Phi) is 33.7. The normalized spacial score (nSPS) is 12.4. The van der Waals surface area contributed by atoms with Gasteiger partial charge in [0.1, 0.15) is 0 Å². The Bertz CT molecular complexity index is 512. The lowest BCUT2D eigenvalue weighted by Gasteiger charge is -2.12. The summed E-state index contributed by atoms with van der Waals surface area (Å²) in [5.41, 5.74) is 0. The first-order valence-electron chi connectivity index (χ1n) is 18.6. The van der Waals surface area contributed by atoms with Gasteiger partial charge in [0.15, 0.2) is 0 Å². The number of hydrogen-bond acceptors (Lipinski definition) is 1. The molecule has 0 spiro atoms. The molecule has 0 saturated heterocycles. The van der Waals surface area contributed by atoms with Gasteiger partial charge in [0, 0.05) is 0 Å². The summed E-state index contributed by atoms with van der Waals surface area (Å²) < 4.78 is 0. The Hall–Kier alpha value is -0.790. The van der Waals surface area contributed by atoms with Crippen LogP contribution in [-0.4, -0.2) is 11.1 Å². The first-order chi connectivity index (χ1) is 19.7. The summed E-state index contributed by atoms with van der Waals surface area (Å²) in [6.45, 7) is 4.56. The second-order valence-electron chi connectivity index (χ2n) is 12.9. The Morgan fingerprint density at radius 1 is 0.425 bits per heavy atom. The molecule has 1 atom stereocenters. The van der Waals surface area contributed by atoms with Gasteiger partial charge in [-0.3, -0.25) is 4.79 Å². The predicted octanol–water partition coefficient (Wildman–Crippen LogP) is 13.8. The number of aliphatic carboxylic acids is 1. The van der Waals surface area contributed by atoms with E-state index in [4.69, 9.17) is 0 Å². The lowest BCUT2D eigenvalue weighted by atomic mass is 9.94. The fraction of sp³-hybridized carbons (Fsp3) is 0.921. The second kappa shape index (κ2) is 34.4. The maximum atomic E-state index is 11.7. The fourth-order valence-electron chi connectivity index (χ4n) is 5.97. The molecule has 0 saturated carbocycles. The SMILES string of the molecule is CCCCCCCC/C=C\CCCCCCCCCCCCC(CCCCCCCCCCCCCC)C(=O)O. The molecule has 0 aromatic heterocycles. The third kappa shape index (κ3) is 31.7. The van der Waals surface area contributed by atoms with Crippen molar-refractivity contribution >= 4 is 5.97 Å². The number of carboxylic acid groups (broad SMARTS) is 1. The van der Waals surface area contributed by atoms with E-state index in [9.17, 15) is 9.90 Å². The van der Waals surface area contributed by atoms with E-state index in [2.05, 4.69) is 26.0 Å². The van der Waals surface area contributed by atoms with Crippen molar-refractivity contribution in [2.75, 3.05) is 0 Å². The van der Waals surface area contributed by atoms with Gasteiger partial charge in [0.25, 0.3) is 0 Å². The van der Waals surface area contributed by atoms with Crippen molar-refractivity contribution in [2.45, 2.75) is 219 Å². The molecule has 0 radical (unpaired) electrons. The smallest absolute Gasteiger partial charge is 0.306 e. The summed E-state index contributed by atoms with van der Waals surface area (Å²) >= 11 is 0. The van der Waals surface area contributed by atoms with Crippen molar-refractivity contribution in [2.24, 2.45) is 5.92 Å². The topological polar surface area (TPSA) is 37.3 Å². The summed E-state index contributed by atoms with van der Waals surface area (Å²) in [5, 5.41) is 9.61. The van der Waals surface area contributed by atoms with E-state index in [1.165, 1.54) is 180 Å². The molecule has 1 unspecified atom stereocenters. The molecule has 0 heterocycles. The zero-order chi connectivity index (χ0) is 29.2. The monoisotopic (exact) mass is 563 g/mol. The number of carboxylic acids is 1. The van der Waals surface area contributed by atoms with Gasteiger partial charge in [0.2, 0.25) is 0 Å². The number of carbonyl (C=O) groups is 1. The highest BCUT2D eigenvalue weighted by molar-refractivity contribution is 5.69. The van der Waals surface area contributed by atoms with Crippen LogP contribution in [0.3, 0.4) is 0 Å². The second-order valence-corrected chi connectivity index (χ2v) is 12.9. The molecule has 0 amide bonds. The van der Waals surface area contributed by atoms with Gasteiger partial charge in [-0.1, -0.05) is 193 Å². The van der Waals surface area contributed by atoms with E-state index in [0.29, 0.717) is 0 Å². The summed E-state index contributed by atoms with van der Waals surface area (Å²) in [6.07, 6.45) is 46.8. The minimum absolute atomic E-state index is 0.103. The Balaban J connectivity index is 3.39. The lowest BCUT2D eigenvalue weighted by Crippen LogP contribution is -2.13. The van der Waals surface area contributed by atoms with Crippen LogP contribution in [0.15, 0.2) is 12.2 Å². The van der Waals surface area contributed by atoms with Crippen molar-refractivity contribution in [1.29, 1.82) is 0 Å². The summed E-state index contributed by atoms with van der Waals surface area (Å²) in [6, 6.07) is 0. The first kappa shape index (κ1) is 39.2. The molecule has 0 aliphatic rings. The van der Waals surface area contributed by atoms with Gasteiger partial charge in [-0.15, -0.1) is 0 Å². The van der Waals surface area contributed by atoms with Crippen LogP contribution < -0.4 is 0 Å². The summed E-state index contributed by atoms with van der Waals surface area (Å²) in [5.74, 6) is -0.662. The average molecular weight is 563 g/mol. The molecule has 2 heteroatoms. The van der Waals surface area contributed by atoms with Gasteiger partial charge in [-0.2, -0.15) is 0 Å². The van der Waals surface area contributed by atoms with Gasteiger partial charge >= 0.3 is 5.97 Å². The molecular weight excluding hydrogens is 488 g/mol. The quantitative estimate of drug-likeness (QED) is 0.0625. The third-order valence-corrected chi connectivity index (χ3v) is 8.82. The minimum atomic E-state index is -0.559. The van der Waals surface area contributed by atoms with Crippen molar-refractivity contribution in [3.05, 3.63) is 12.2 Å². The van der Waals surface area contributed by atoms with Gasteiger partial charge < -0.3 is 5.11 Å². The van der Waals surface area contributed by atoms with E-state index >= 15 is 0 Å². The Labute approximate surface area is 253 Å². The molecule has 0 aliphatic heterocycles. The number of unbranched alkanes of at least 4 members (excludes halogenated alkanes) is 27. The van der Waals surface area contributed by atoms with Gasteiger partial charge in [0.05, 0.1) is 5.92 Å². The van der Waals surface area contributed by atoms with Crippen molar-refractivity contribution in [3.8, 4) is 0 Å². The maximum Gasteiger partial charge on any atom is 0.306 e. The predicted molar refractivity (Wildman–Crippen MR) is 179 cm³/mol. The van der Waals surface area contributed by atoms with Crippen LogP contribution in [0.5, 0.6) is 0 Å². The van der Waals surface area contributed by atoms with Crippen LogP contribution >= 0.6 is 0 Å². The summed E-state index contributed by atoms with van der Waals surface area (Å²) in [4.78, 5) is 11.7. The molecular formula is C38H74O2. The summed E-state index contributed by atoms with van der Waals surface area (Å²) in [7, 11) is 0. The lowest BCUT2D eigenvalue weighted by molar-refractivity contribution is -0.142. The van der Waals surface area contributed by atoms with E-state index in [1.807, 2.05) is 0 Å². The minimum Gasteiger partial charge on any atom is -0.481 e. The fourth-order valence-corrected chi connectivity index (χ4v) is 5.97. The van der Waals surface area contributed by atoms with Crippen LogP contribution in [0.25, 0.3) is 0 Å². The van der Waals surface area contributed by atoms with Crippen molar-refractivity contribution in [1.82, 2.24) is 0 Å². The zero-order valence-corrected chi connectivity index (χ0v) is 27.7. The highest BCUT2D eigenvalue weighted by atomic mass is 16.4. The molecule has 238 valence electrons. The van der Waals surface area contributed by atoms with E-state index in [0.717, 1.165) is 25.7 Å². The van der Waals surface area contributed by atoms with Crippen LogP contribution in [0.4, 0.5) is 0 Å². The number of allylic oxidation sites excluding steroid dienone is 2. The van der Waals surface area contributed by atoms with Crippen LogP contribution in [0.1, 0.15) is 219 Å². The van der Waals surface area contributed by atoms with Gasteiger partial charge in [-0.05, 0) is 38.5 Å². The Morgan fingerprint density at radius 3 is 0.950 bits per heavy atom. The molecule has 2 nitrogen and oxygen atoms in total. The van der Waals surface area contributed by atoms with Gasteiger partial charge in [-0.25, -0.2) is 0 Å². The molecule has 40 heavy (non-hydrogen) atoms. The number of hydrogen-bond donors (Lipinski definition) is 1. The van der Waals surface area contributed by atoms with Crippen LogP contribution in [0, 0.1) is 5.92 Å². The van der Waals surface area contributed by atoms with E-state index < -0.39 is 5.97 Å². The van der Waals surface area contributed by atoms with Crippen LogP contribution in [0.2, 0.25) is 0 Å². The Morgan fingerprint density at radius 2 is 0.675 bits per heavy atom. The van der Waals surface area contributed by atoms with Crippen molar-refractivity contribution in [3.63, 3.8) is 0 Å². The largest absolute Gasteiger partial charge is 0.481 e. The van der Waals surface area contributed by atoms with E-state index in [-0.39, 0.29) is 5.92 Å². The molecule has 0 aromatic carbocycles. The molecule has 0 bridgehead atoms. The molecule has 0 aliphatic carbocycles. The average Bonchev–Trinajstić information content (AvgIpc) is 2.95. The van der Waals surface area contributed by atoms with E-state index in [1.54, 1.807) is 0 Å². The number of rotatable bonds is 34. The molecule has 1 N–H and O–H groups in total. The molecule has 0 rings (SSSR count). The highest BCUT2D eigenvalue weighted by Crippen LogP contribution is 2.20.